The van der Waals surface area contributed by atoms with Gasteiger partial charge in [0.15, 0.2) is 17.5 Å². The molecule has 7 heteroatoms. The van der Waals surface area contributed by atoms with Crippen molar-refractivity contribution in [1.29, 1.82) is 0 Å². The summed E-state index contributed by atoms with van der Waals surface area (Å²) in [7, 11) is 3.18. The Morgan fingerprint density at radius 3 is 2.58 bits per heavy atom. The molecule has 2 aromatic rings. The number of hydrogen-bond acceptors (Lipinski definition) is 4. The Bertz CT molecular complexity index is 738. The summed E-state index contributed by atoms with van der Waals surface area (Å²) in [4.78, 5) is 4.45. The molecule has 0 saturated carbocycles. The molecule has 2 aromatic carbocycles. The maximum absolute atomic E-state index is 13.1. The Morgan fingerprint density at radius 1 is 1.08 bits per heavy atom. The lowest BCUT2D eigenvalue weighted by Crippen LogP contribution is -2.31. The number of anilines is 1. The Balaban J connectivity index is 1.95. The van der Waals surface area contributed by atoms with Gasteiger partial charge in [-0.2, -0.15) is 0 Å². The van der Waals surface area contributed by atoms with Gasteiger partial charge in [0.2, 0.25) is 0 Å². The zero-order chi connectivity index (χ0) is 18.8. The van der Waals surface area contributed by atoms with Crippen molar-refractivity contribution >= 4 is 11.6 Å². The van der Waals surface area contributed by atoms with Crippen molar-refractivity contribution in [3.8, 4) is 17.2 Å². The van der Waals surface area contributed by atoms with Crippen LogP contribution in [0.3, 0.4) is 0 Å². The van der Waals surface area contributed by atoms with E-state index in [0.717, 1.165) is 5.69 Å². The molecule has 2 N–H and O–H groups in total. The molecule has 0 saturated heterocycles. The van der Waals surface area contributed by atoms with Gasteiger partial charge in [0, 0.05) is 24.4 Å². The van der Waals surface area contributed by atoms with Gasteiger partial charge in [-0.15, -0.1) is 0 Å². The van der Waals surface area contributed by atoms with Gasteiger partial charge in [0.1, 0.15) is 18.2 Å². The van der Waals surface area contributed by atoms with Crippen LogP contribution in [0.1, 0.15) is 6.92 Å². The molecule has 0 bridgehead atoms. The highest BCUT2D eigenvalue weighted by atomic mass is 19.1. The van der Waals surface area contributed by atoms with Crippen LogP contribution in [-0.4, -0.2) is 39.9 Å². The lowest BCUT2D eigenvalue weighted by molar-refractivity contribution is 0.327. The average Bonchev–Trinajstić information content (AvgIpc) is 2.65. The van der Waals surface area contributed by atoms with Crippen LogP contribution in [0.5, 0.6) is 17.2 Å². The summed E-state index contributed by atoms with van der Waals surface area (Å²) < 4.78 is 29.1. The summed E-state index contributed by atoms with van der Waals surface area (Å²) in [5.41, 5.74) is 0.813. The lowest BCUT2D eigenvalue weighted by atomic mass is 10.3. The van der Waals surface area contributed by atoms with Gasteiger partial charge >= 0.3 is 0 Å². The van der Waals surface area contributed by atoms with Crippen LogP contribution in [0.4, 0.5) is 10.1 Å². The number of rotatable bonds is 8. The number of nitrogens with zero attached hydrogens (tertiary/aromatic N) is 1. The molecule has 0 aliphatic heterocycles. The average molecular weight is 361 g/mol. The van der Waals surface area contributed by atoms with Crippen molar-refractivity contribution in [2.45, 2.75) is 6.92 Å². The highest BCUT2D eigenvalue weighted by molar-refractivity contribution is 5.93. The van der Waals surface area contributed by atoms with Gasteiger partial charge < -0.3 is 24.8 Å². The molecular formula is C19H24FN3O3. The summed E-state index contributed by atoms with van der Waals surface area (Å²) in [5.74, 6) is 2.06. The van der Waals surface area contributed by atoms with E-state index in [0.29, 0.717) is 42.9 Å². The van der Waals surface area contributed by atoms with Crippen LogP contribution < -0.4 is 24.8 Å². The van der Waals surface area contributed by atoms with E-state index in [1.807, 2.05) is 25.1 Å². The van der Waals surface area contributed by atoms with Crippen molar-refractivity contribution in [3.05, 3.63) is 48.3 Å². The van der Waals surface area contributed by atoms with Crippen LogP contribution >= 0.6 is 0 Å². The van der Waals surface area contributed by atoms with Crippen LogP contribution in [0, 0.1) is 5.82 Å². The summed E-state index contributed by atoms with van der Waals surface area (Å²) in [6.45, 7) is 3.45. The molecule has 0 radical (unpaired) electrons. The lowest BCUT2D eigenvalue weighted by Gasteiger charge is -2.14. The van der Waals surface area contributed by atoms with Crippen molar-refractivity contribution in [2.24, 2.45) is 4.99 Å². The molecular weight excluding hydrogens is 337 g/mol. The number of nitrogens with one attached hydrogen (secondary N) is 2. The van der Waals surface area contributed by atoms with Crippen LogP contribution in [0.25, 0.3) is 0 Å². The zero-order valence-electron chi connectivity index (χ0n) is 15.2. The fourth-order valence-electron chi connectivity index (χ4n) is 2.24. The first kappa shape index (κ1) is 19.4. The quantitative estimate of drug-likeness (QED) is 0.429. The highest BCUT2D eigenvalue weighted by Crippen LogP contribution is 2.29. The molecule has 0 atom stereocenters. The molecule has 0 aliphatic rings. The molecule has 0 spiro atoms. The molecule has 0 amide bonds. The van der Waals surface area contributed by atoms with Crippen LogP contribution in [0.2, 0.25) is 0 Å². The van der Waals surface area contributed by atoms with Crippen LogP contribution in [0.15, 0.2) is 47.5 Å². The number of methoxy groups -OCH3 is 2. The Kier molecular flexibility index (Phi) is 7.54. The number of benzene rings is 2. The molecule has 26 heavy (non-hydrogen) atoms. The van der Waals surface area contributed by atoms with Crippen molar-refractivity contribution in [1.82, 2.24) is 5.32 Å². The molecule has 0 unspecified atom stereocenters. The maximum atomic E-state index is 13.1. The fourth-order valence-corrected chi connectivity index (χ4v) is 2.24. The molecule has 140 valence electrons. The van der Waals surface area contributed by atoms with E-state index in [4.69, 9.17) is 14.2 Å². The van der Waals surface area contributed by atoms with Gasteiger partial charge in [-0.05, 0) is 31.2 Å². The summed E-state index contributed by atoms with van der Waals surface area (Å²) in [6, 6.07) is 11.6. The van der Waals surface area contributed by atoms with E-state index in [1.54, 1.807) is 26.4 Å². The minimum Gasteiger partial charge on any atom is -0.493 e. The third-order valence-electron chi connectivity index (χ3n) is 3.42. The number of aliphatic imine (C=N–C) groups is 1. The summed E-state index contributed by atoms with van der Waals surface area (Å²) in [6.07, 6.45) is 0. The van der Waals surface area contributed by atoms with Crippen molar-refractivity contribution < 1.29 is 18.6 Å². The maximum Gasteiger partial charge on any atom is 0.195 e. The molecule has 6 nitrogen and oxygen atoms in total. The van der Waals surface area contributed by atoms with Gasteiger partial charge in [0.25, 0.3) is 0 Å². The number of guanidine groups is 1. The third kappa shape index (κ3) is 5.84. The summed E-state index contributed by atoms with van der Waals surface area (Å²) in [5, 5.41) is 6.36. The van der Waals surface area contributed by atoms with Gasteiger partial charge in [0.05, 0.1) is 20.8 Å². The largest absolute Gasteiger partial charge is 0.493 e. The smallest absolute Gasteiger partial charge is 0.195 e. The Morgan fingerprint density at radius 2 is 1.88 bits per heavy atom. The second kappa shape index (κ2) is 10.1. The highest BCUT2D eigenvalue weighted by Gasteiger charge is 2.06. The van der Waals surface area contributed by atoms with Gasteiger partial charge in [-0.25, -0.2) is 9.38 Å². The molecule has 0 aromatic heterocycles. The van der Waals surface area contributed by atoms with Gasteiger partial charge in [-0.3, -0.25) is 0 Å². The fraction of sp³-hybridized carbons (Fsp3) is 0.316. The molecule has 0 aliphatic carbocycles. The minimum absolute atomic E-state index is 0.325. The van der Waals surface area contributed by atoms with E-state index in [2.05, 4.69) is 15.6 Å². The standard InChI is InChI=1S/C19H24FN3O3/c1-4-21-19(22-10-11-26-16-7-5-6-14(20)12-16)23-15-8-9-17(24-2)18(13-15)25-3/h5-9,12-13H,4,10-11H2,1-3H3,(H2,21,22,23). The molecule has 0 heterocycles. The number of halogens is 1. The second-order valence-electron chi connectivity index (χ2n) is 5.26. The SMILES string of the molecule is CCNC(=NCCOc1cccc(F)c1)Nc1ccc(OC)c(OC)c1. The number of hydrogen-bond donors (Lipinski definition) is 2. The zero-order valence-corrected chi connectivity index (χ0v) is 15.2. The number of ether oxygens (including phenoxy) is 3. The topological polar surface area (TPSA) is 64.1 Å². The first-order valence-electron chi connectivity index (χ1n) is 8.32. The normalized spacial score (nSPS) is 11.0. The van der Waals surface area contributed by atoms with E-state index in [1.165, 1.54) is 12.1 Å². The first-order chi connectivity index (χ1) is 12.7. The minimum atomic E-state index is -0.325. The van der Waals surface area contributed by atoms with Gasteiger partial charge in [-0.1, -0.05) is 6.07 Å². The van der Waals surface area contributed by atoms with E-state index in [9.17, 15) is 4.39 Å². The van der Waals surface area contributed by atoms with E-state index in [-0.39, 0.29) is 5.82 Å². The predicted octanol–water partition coefficient (Wildman–Crippen LogP) is 3.30. The predicted molar refractivity (Wildman–Crippen MR) is 101 cm³/mol. The first-order valence-corrected chi connectivity index (χ1v) is 8.32. The second-order valence-corrected chi connectivity index (χ2v) is 5.26. The Labute approximate surface area is 153 Å². The Hall–Kier alpha value is -2.96. The third-order valence-corrected chi connectivity index (χ3v) is 3.42. The molecule has 2 rings (SSSR count). The van der Waals surface area contributed by atoms with Crippen molar-refractivity contribution in [2.75, 3.05) is 39.2 Å². The van der Waals surface area contributed by atoms with Crippen LogP contribution in [-0.2, 0) is 0 Å². The van der Waals surface area contributed by atoms with E-state index < -0.39 is 0 Å². The van der Waals surface area contributed by atoms with Crippen molar-refractivity contribution in [3.63, 3.8) is 0 Å². The summed E-state index contributed by atoms with van der Waals surface area (Å²) >= 11 is 0. The van der Waals surface area contributed by atoms with E-state index >= 15 is 0 Å². The monoisotopic (exact) mass is 361 g/mol. The molecule has 0 fully saturated rings.